The Balaban J connectivity index is 2.02. The summed E-state index contributed by atoms with van der Waals surface area (Å²) in [6, 6.07) is 7.58. The lowest BCUT2D eigenvalue weighted by molar-refractivity contribution is -0.116. The van der Waals surface area contributed by atoms with Gasteiger partial charge < -0.3 is 5.32 Å². The Kier molecular flexibility index (Phi) is 3.98. The van der Waals surface area contributed by atoms with Gasteiger partial charge in [-0.3, -0.25) is 9.69 Å². The number of hydrogen-bond donors (Lipinski definition) is 2. The van der Waals surface area contributed by atoms with Gasteiger partial charge in [-0.05, 0) is 31.6 Å². The van der Waals surface area contributed by atoms with Crippen molar-refractivity contribution in [2.45, 2.75) is 30.6 Å². The Morgan fingerprint density at radius 2 is 2.04 bits per heavy atom. The highest BCUT2D eigenvalue weighted by atomic mass is 35.5. The van der Waals surface area contributed by atoms with Gasteiger partial charge in [0.1, 0.15) is 6.17 Å². The van der Waals surface area contributed by atoms with E-state index >= 15 is 0 Å². The predicted molar refractivity (Wildman–Crippen MR) is 93.7 cm³/mol. The maximum atomic E-state index is 12.9. The van der Waals surface area contributed by atoms with Crippen LogP contribution in [0, 0.1) is 6.92 Å². The molecule has 2 aliphatic rings. The number of sulfonamides is 1. The molecule has 2 atom stereocenters. The monoisotopic (exact) mass is 367 g/mol. The van der Waals surface area contributed by atoms with Gasteiger partial charge >= 0.3 is 0 Å². The molecule has 8 heteroatoms. The summed E-state index contributed by atoms with van der Waals surface area (Å²) in [4.78, 5) is 14.6. The van der Waals surface area contributed by atoms with E-state index in [0.717, 1.165) is 11.3 Å². The number of nitrogens with one attached hydrogen (secondary N) is 1. The van der Waals surface area contributed by atoms with Crippen LogP contribution in [-0.2, 0) is 14.8 Å². The highest BCUT2D eigenvalue weighted by Gasteiger charge is 2.43. The minimum atomic E-state index is -4.00. The van der Waals surface area contributed by atoms with Crippen molar-refractivity contribution in [3.63, 3.8) is 0 Å². The van der Waals surface area contributed by atoms with E-state index in [1.807, 2.05) is 38.1 Å². The van der Waals surface area contributed by atoms with Crippen molar-refractivity contribution in [2.75, 3.05) is 4.90 Å². The average molecular weight is 368 g/mol. The molecule has 0 bridgehead atoms. The van der Waals surface area contributed by atoms with Crippen molar-refractivity contribution >= 4 is 33.2 Å². The zero-order valence-electron chi connectivity index (χ0n) is 13.3. The van der Waals surface area contributed by atoms with Gasteiger partial charge in [0.2, 0.25) is 10.0 Å². The van der Waals surface area contributed by atoms with E-state index in [1.54, 1.807) is 4.90 Å². The molecule has 0 saturated carbocycles. The van der Waals surface area contributed by atoms with Gasteiger partial charge in [0.05, 0.1) is 5.57 Å². The number of rotatable bonds is 2. The Morgan fingerprint density at radius 1 is 1.38 bits per heavy atom. The Hall–Kier alpha value is -1.83. The number of aryl methyl sites for hydroxylation is 1. The predicted octanol–water partition coefficient (Wildman–Crippen LogP) is 1.71. The van der Waals surface area contributed by atoms with Crippen LogP contribution in [0.4, 0.5) is 5.69 Å². The fraction of sp³-hybridized carbons (Fsp3) is 0.312. The van der Waals surface area contributed by atoms with Gasteiger partial charge in [0.25, 0.3) is 5.91 Å². The number of amides is 1. The molecule has 1 amide bonds. The summed E-state index contributed by atoms with van der Waals surface area (Å²) in [7, 11) is -4.00. The molecular weight excluding hydrogens is 350 g/mol. The van der Waals surface area contributed by atoms with E-state index in [0.29, 0.717) is 11.3 Å². The third-order valence-corrected chi connectivity index (χ3v) is 6.42. The second kappa shape index (κ2) is 5.61. The summed E-state index contributed by atoms with van der Waals surface area (Å²) in [5.74, 6) is -0.199. The molecule has 1 aliphatic heterocycles. The highest BCUT2D eigenvalue weighted by molar-refractivity contribution is 7.92. The van der Waals surface area contributed by atoms with Crippen LogP contribution in [0.1, 0.15) is 18.9 Å². The van der Waals surface area contributed by atoms with Crippen LogP contribution in [0.3, 0.4) is 0 Å². The van der Waals surface area contributed by atoms with E-state index in [-0.39, 0.29) is 18.5 Å². The Bertz CT molecular complexity index is 878. The number of alkyl halides is 1. The van der Waals surface area contributed by atoms with Gasteiger partial charge in [0, 0.05) is 17.8 Å². The topological polar surface area (TPSA) is 92.5 Å². The van der Waals surface area contributed by atoms with Gasteiger partial charge in [-0.2, -0.15) is 0 Å². The average Bonchev–Trinajstić information content (AvgIpc) is 2.47. The number of allylic oxidation sites excluding steroid dienone is 1. The van der Waals surface area contributed by atoms with Crippen LogP contribution >= 0.6 is 11.6 Å². The molecule has 0 aromatic heterocycles. The Morgan fingerprint density at radius 3 is 2.67 bits per heavy atom. The number of nitrogens with two attached hydrogens (primary N) is 1. The third-order valence-electron chi connectivity index (χ3n) is 4.28. The van der Waals surface area contributed by atoms with Crippen molar-refractivity contribution in [2.24, 2.45) is 5.14 Å². The summed E-state index contributed by atoms with van der Waals surface area (Å²) in [5, 5.41) is 8.36. The molecule has 1 aliphatic carbocycles. The van der Waals surface area contributed by atoms with E-state index in [9.17, 15) is 13.2 Å². The first-order chi connectivity index (χ1) is 11.1. The molecule has 3 N–H and O–H groups in total. The molecular formula is C16H18ClN3O3S. The van der Waals surface area contributed by atoms with Gasteiger partial charge in [-0.25, -0.2) is 13.6 Å². The lowest BCUT2D eigenvalue weighted by Crippen LogP contribution is -2.55. The van der Waals surface area contributed by atoms with Crippen LogP contribution in [0.2, 0.25) is 0 Å². The van der Waals surface area contributed by atoms with E-state index in [4.69, 9.17) is 16.7 Å². The second-order valence-electron chi connectivity index (χ2n) is 5.99. The van der Waals surface area contributed by atoms with Crippen molar-refractivity contribution in [3.8, 4) is 0 Å². The number of hydrogen-bond acceptors (Lipinski definition) is 4. The van der Waals surface area contributed by atoms with E-state index in [1.165, 1.54) is 12.2 Å². The molecule has 3 rings (SSSR count). The minimum Gasteiger partial charge on any atom is -0.365 e. The SMILES string of the molecule is Cc1ccccc1N1C(=O)C2=CCC(Cl)(S(N)(=O)=O)C=C2NC1C. The van der Waals surface area contributed by atoms with Crippen LogP contribution < -0.4 is 15.4 Å². The van der Waals surface area contributed by atoms with Crippen molar-refractivity contribution < 1.29 is 13.2 Å². The summed E-state index contributed by atoms with van der Waals surface area (Å²) >= 11 is 6.15. The van der Waals surface area contributed by atoms with Crippen LogP contribution in [0.25, 0.3) is 0 Å². The number of halogens is 1. The van der Waals surface area contributed by atoms with Crippen LogP contribution in [0.5, 0.6) is 0 Å². The molecule has 1 heterocycles. The minimum absolute atomic E-state index is 0.0599. The highest BCUT2D eigenvalue weighted by Crippen LogP contribution is 2.37. The van der Waals surface area contributed by atoms with Crippen LogP contribution in [0.15, 0.2) is 47.7 Å². The van der Waals surface area contributed by atoms with Gasteiger partial charge in [-0.15, -0.1) is 0 Å². The maximum absolute atomic E-state index is 12.9. The number of para-hydroxylation sites is 1. The van der Waals surface area contributed by atoms with E-state index < -0.39 is 14.2 Å². The number of anilines is 1. The van der Waals surface area contributed by atoms with Gasteiger partial charge in [0.15, 0.2) is 4.21 Å². The molecule has 2 unspecified atom stereocenters. The zero-order valence-corrected chi connectivity index (χ0v) is 14.9. The van der Waals surface area contributed by atoms with Crippen molar-refractivity contribution in [1.82, 2.24) is 5.32 Å². The zero-order chi connectivity index (χ0) is 17.7. The summed E-state index contributed by atoms with van der Waals surface area (Å²) in [5.41, 5.74) is 2.57. The number of carbonyl (C=O) groups excluding carboxylic acids is 1. The molecule has 0 radical (unpaired) electrons. The van der Waals surface area contributed by atoms with Crippen molar-refractivity contribution in [3.05, 3.63) is 53.3 Å². The van der Waals surface area contributed by atoms with Crippen molar-refractivity contribution in [1.29, 1.82) is 0 Å². The maximum Gasteiger partial charge on any atom is 0.261 e. The Labute approximate surface area is 146 Å². The smallest absolute Gasteiger partial charge is 0.261 e. The number of fused-ring (bicyclic) bond motifs is 1. The first-order valence-electron chi connectivity index (χ1n) is 7.44. The largest absolute Gasteiger partial charge is 0.365 e. The first kappa shape index (κ1) is 17.0. The molecule has 24 heavy (non-hydrogen) atoms. The summed E-state index contributed by atoms with van der Waals surface area (Å²) in [6.07, 6.45) is 2.43. The van der Waals surface area contributed by atoms with Crippen LogP contribution in [-0.4, -0.2) is 24.7 Å². The molecule has 0 spiro atoms. The fourth-order valence-electron chi connectivity index (χ4n) is 2.97. The molecule has 128 valence electrons. The van der Waals surface area contributed by atoms with Gasteiger partial charge in [-0.1, -0.05) is 35.9 Å². The molecule has 1 fully saturated rings. The first-order valence-corrected chi connectivity index (χ1v) is 9.37. The normalized spacial score (nSPS) is 27.1. The fourth-order valence-corrected chi connectivity index (χ4v) is 3.75. The molecule has 1 saturated heterocycles. The molecule has 1 aromatic rings. The van der Waals surface area contributed by atoms with E-state index in [2.05, 4.69) is 5.32 Å². The summed E-state index contributed by atoms with van der Waals surface area (Å²) in [6.45, 7) is 3.75. The standard InChI is InChI=1S/C16H18ClN3O3S/c1-10-5-3-4-6-14(10)20-11(2)19-13-9-16(17,24(18,22)23)8-7-12(13)15(20)21/h3-7,9,11,19H,8H2,1-2H3,(H2,18,22,23). The summed E-state index contributed by atoms with van der Waals surface area (Å²) < 4.78 is 21.7. The lowest BCUT2D eigenvalue weighted by atomic mass is 9.97. The number of nitrogens with zero attached hydrogens (tertiary/aromatic N) is 1. The quantitative estimate of drug-likeness (QED) is 0.778. The molecule has 1 aromatic carbocycles. The molecule has 6 nitrogen and oxygen atoms in total. The number of benzene rings is 1. The number of carbonyl (C=O) groups is 1. The lowest BCUT2D eigenvalue weighted by Gasteiger charge is -2.40. The second-order valence-corrected chi connectivity index (χ2v) is 8.71. The third kappa shape index (κ3) is 2.62. The number of primary sulfonamides is 1.